The van der Waals surface area contributed by atoms with Crippen molar-refractivity contribution in [3.63, 3.8) is 0 Å². The molecule has 0 saturated heterocycles. The molecule has 0 fully saturated rings. The first-order valence-electron chi connectivity index (χ1n) is 3.63. The van der Waals surface area contributed by atoms with Gasteiger partial charge < -0.3 is 5.11 Å². The van der Waals surface area contributed by atoms with Gasteiger partial charge in [0.15, 0.2) is 0 Å². The van der Waals surface area contributed by atoms with E-state index in [1.54, 1.807) is 0 Å². The highest BCUT2D eigenvalue weighted by atomic mass is 16.3. The number of aliphatic hydroxyl groups is 1. The average Bonchev–Trinajstić information content (AvgIpc) is 1.88. The van der Waals surface area contributed by atoms with Gasteiger partial charge in [-0.2, -0.15) is 0 Å². The molecule has 1 heteroatoms. The van der Waals surface area contributed by atoms with E-state index in [9.17, 15) is 0 Å². The Balaban J connectivity index is 2.49. The van der Waals surface area contributed by atoms with E-state index in [4.69, 9.17) is 5.11 Å². The summed E-state index contributed by atoms with van der Waals surface area (Å²) in [4.78, 5) is 0. The molecule has 9 heavy (non-hydrogen) atoms. The van der Waals surface area contributed by atoms with Crippen molar-refractivity contribution in [3.05, 3.63) is 11.6 Å². The molecule has 1 N–H and O–H groups in total. The molecule has 0 heterocycles. The molecule has 1 aliphatic carbocycles. The second-order valence-corrected chi connectivity index (χ2v) is 2.85. The van der Waals surface area contributed by atoms with Crippen LogP contribution in [-0.2, 0) is 0 Å². The first-order valence-corrected chi connectivity index (χ1v) is 3.63. The lowest BCUT2D eigenvalue weighted by molar-refractivity contribution is 0.319. The van der Waals surface area contributed by atoms with Gasteiger partial charge in [0, 0.05) is 0 Å². The van der Waals surface area contributed by atoms with Gasteiger partial charge in [-0.25, -0.2) is 0 Å². The van der Waals surface area contributed by atoms with Crippen molar-refractivity contribution >= 4 is 0 Å². The van der Waals surface area contributed by atoms with E-state index in [1.165, 1.54) is 18.4 Å². The highest BCUT2D eigenvalue weighted by molar-refractivity contribution is 5.06. The molecular weight excluding hydrogens is 112 g/mol. The summed E-state index contributed by atoms with van der Waals surface area (Å²) in [6, 6.07) is 0. The maximum Gasteiger partial charge on any atom is 0.0641 e. The van der Waals surface area contributed by atoms with E-state index in [-0.39, 0.29) is 6.61 Å². The molecule has 1 unspecified atom stereocenters. The molecule has 0 spiro atoms. The predicted octanol–water partition coefficient (Wildman–Crippen LogP) is 1.73. The lowest BCUT2D eigenvalue weighted by atomic mass is 9.92. The van der Waals surface area contributed by atoms with Crippen molar-refractivity contribution in [1.82, 2.24) is 0 Å². The van der Waals surface area contributed by atoms with E-state index < -0.39 is 0 Å². The Kier molecular flexibility index (Phi) is 2.29. The van der Waals surface area contributed by atoms with Crippen LogP contribution in [0, 0.1) is 5.92 Å². The molecule has 1 atom stereocenters. The van der Waals surface area contributed by atoms with Crippen LogP contribution in [0.25, 0.3) is 0 Å². The Bertz CT molecular complexity index is 116. The number of rotatable bonds is 1. The third-order valence-corrected chi connectivity index (χ3v) is 1.88. The summed E-state index contributed by atoms with van der Waals surface area (Å²) in [5.74, 6) is 0.695. The zero-order valence-corrected chi connectivity index (χ0v) is 5.93. The van der Waals surface area contributed by atoms with Gasteiger partial charge in [0.1, 0.15) is 0 Å². The van der Waals surface area contributed by atoms with Crippen LogP contribution < -0.4 is 0 Å². The van der Waals surface area contributed by atoms with E-state index >= 15 is 0 Å². The summed E-state index contributed by atoms with van der Waals surface area (Å²) < 4.78 is 0. The molecule has 1 rings (SSSR count). The number of aliphatic hydroxyl groups excluding tert-OH is 1. The first-order chi connectivity index (χ1) is 4.33. The largest absolute Gasteiger partial charge is 0.392 e. The fraction of sp³-hybridized carbons (Fsp3) is 0.750. The first kappa shape index (κ1) is 6.81. The third kappa shape index (κ3) is 1.83. The standard InChI is InChI=1S/C8H14O/c1-7-3-2-4-8(5-7)6-9/h5,7,9H,2-4,6H2,1H3. The van der Waals surface area contributed by atoms with E-state index in [1.807, 2.05) is 0 Å². The Hall–Kier alpha value is -0.300. The summed E-state index contributed by atoms with van der Waals surface area (Å²) in [6.07, 6.45) is 5.86. The Labute approximate surface area is 56.4 Å². The summed E-state index contributed by atoms with van der Waals surface area (Å²) in [5.41, 5.74) is 1.23. The summed E-state index contributed by atoms with van der Waals surface area (Å²) in [5, 5.41) is 8.74. The fourth-order valence-electron chi connectivity index (χ4n) is 1.35. The molecule has 0 aliphatic heterocycles. The van der Waals surface area contributed by atoms with Crippen LogP contribution in [0.3, 0.4) is 0 Å². The zero-order valence-electron chi connectivity index (χ0n) is 5.93. The highest BCUT2D eigenvalue weighted by Gasteiger charge is 2.07. The van der Waals surface area contributed by atoms with E-state index in [0.717, 1.165) is 6.42 Å². The predicted molar refractivity (Wildman–Crippen MR) is 38.2 cm³/mol. The van der Waals surface area contributed by atoms with Crippen LogP contribution in [0.2, 0.25) is 0 Å². The van der Waals surface area contributed by atoms with E-state index in [2.05, 4.69) is 13.0 Å². The van der Waals surface area contributed by atoms with Crippen molar-refractivity contribution in [3.8, 4) is 0 Å². The summed E-state index contributed by atoms with van der Waals surface area (Å²) in [6.45, 7) is 2.47. The quantitative estimate of drug-likeness (QED) is 0.530. The Morgan fingerprint density at radius 2 is 2.56 bits per heavy atom. The van der Waals surface area contributed by atoms with Gasteiger partial charge in [0.05, 0.1) is 6.61 Å². The molecule has 1 nitrogen and oxygen atoms in total. The molecule has 0 saturated carbocycles. The van der Waals surface area contributed by atoms with Crippen LogP contribution in [0.5, 0.6) is 0 Å². The maximum absolute atomic E-state index is 8.74. The minimum absolute atomic E-state index is 0.268. The fourth-order valence-corrected chi connectivity index (χ4v) is 1.35. The molecule has 1 aliphatic rings. The number of allylic oxidation sites excluding steroid dienone is 1. The minimum atomic E-state index is 0.268. The minimum Gasteiger partial charge on any atom is -0.392 e. The van der Waals surface area contributed by atoms with Crippen LogP contribution >= 0.6 is 0 Å². The van der Waals surface area contributed by atoms with Crippen molar-refractivity contribution in [2.24, 2.45) is 5.92 Å². The average molecular weight is 126 g/mol. The maximum atomic E-state index is 8.74. The molecule has 0 aromatic heterocycles. The highest BCUT2D eigenvalue weighted by Crippen LogP contribution is 2.21. The smallest absolute Gasteiger partial charge is 0.0641 e. The van der Waals surface area contributed by atoms with Crippen molar-refractivity contribution in [2.45, 2.75) is 26.2 Å². The normalized spacial score (nSPS) is 27.8. The van der Waals surface area contributed by atoms with Crippen LogP contribution in [0.1, 0.15) is 26.2 Å². The van der Waals surface area contributed by atoms with Gasteiger partial charge in [-0.15, -0.1) is 0 Å². The monoisotopic (exact) mass is 126 g/mol. The molecule has 0 aromatic rings. The molecule has 0 amide bonds. The topological polar surface area (TPSA) is 20.2 Å². The molecule has 0 aromatic carbocycles. The summed E-state index contributed by atoms with van der Waals surface area (Å²) >= 11 is 0. The second kappa shape index (κ2) is 3.02. The summed E-state index contributed by atoms with van der Waals surface area (Å²) in [7, 11) is 0. The second-order valence-electron chi connectivity index (χ2n) is 2.85. The van der Waals surface area contributed by atoms with Gasteiger partial charge >= 0.3 is 0 Å². The van der Waals surface area contributed by atoms with Crippen LogP contribution in [0.4, 0.5) is 0 Å². The molecular formula is C8H14O. The van der Waals surface area contributed by atoms with Gasteiger partial charge in [-0.05, 0) is 30.8 Å². The van der Waals surface area contributed by atoms with Gasteiger partial charge in [0.25, 0.3) is 0 Å². The molecule has 0 radical (unpaired) electrons. The van der Waals surface area contributed by atoms with Crippen LogP contribution in [-0.4, -0.2) is 11.7 Å². The number of hydrogen-bond donors (Lipinski definition) is 1. The SMILES string of the molecule is CC1C=C(CO)CCC1. The molecule has 52 valence electrons. The molecule has 0 bridgehead atoms. The lowest BCUT2D eigenvalue weighted by Gasteiger charge is -2.15. The zero-order chi connectivity index (χ0) is 6.69. The number of hydrogen-bond acceptors (Lipinski definition) is 1. The van der Waals surface area contributed by atoms with Gasteiger partial charge in [0.2, 0.25) is 0 Å². The Morgan fingerprint density at radius 3 is 3.00 bits per heavy atom. The van der Waals surface area contributed by atoms with Crippen molar-refractivity contribution < 1.29 is 5.11 Å². The van der Waals surface area contributed by atoms with Crippen LogP contribution in [0.15, 0.2) is 11.6 Å². The van der Waals surface area contributed by atoms with E-state index in [0.29, 0.717) is 5.92 Å². The van der Waals surface area contributed by atoms with Crippen molar-refractivity contribution in [1.29, 1.82) is 0 Å². The van der Waals surface area contributed by atoms with Gasteiger partial charge in [-0.1, -0.05) is 13.0 Å². The van der Waals surface area contributed by atoms with Crippen molar-refractivity contribution in [2.75, 3.05) is 6.61 Å². The van der Waals surface area contributed by atoms with Gasteiger partial charge in [-0.3, -0.25) is 0 Å². The Morgan fingerprint density at radius 1 is 1.78 bits per heavy atom. The lowest BCUT2D eigenvalue weighted by Crippen LogP contribution is -2.02. The third-order valence-electron chi connectivity index (χ3n) is 1.88.